The molecular formula is C29H28N4O4. The molecule has 0 aliphatic carbocycles. The summed E-state index contributed by atoms with van der Waals surface area (Å²) < 4.78 is 7.21. The van der Waals surface area contributed by atoms with Gasteiger partial charge in [-0.25, -0.2) is 15.2 Å². The number of aryl methyl sites for hydroxylation is 2. The van der Waals surface area contributed by atoms with Gasteiger partial charge in [0.15, 0.2) is 0 Å². The molecule has 8 heteroatoms. The van der Waals surface area contributed by atoms with Crippen LogP contribution in [0.4, 0.5) is 4.79 Å². The van der Waals surface area contributed by atoms with Crippen LogP contribution in [0.5, 0.6) is 5.75 Å². The average molecular weight is 497 g/mol. The first kappa shape index (κ1) is 24.2. The molecule has 2 heterocycles. The number of nitrogens with zero attached hydrogens (tertiary/aromatic N) is 3. The van der Waals surface area contributed by atoms with E-state index >= 15 is 0 Å². The number of benzene rings is 3. The lowest BCUT2D eigenvalue weighted by Gasteiger charge is -2.14. The van der Waals surface area contributed by atoms with Gasteiger partial charge >= 0.3 is 6.16 Å². The van der Waals surface area contributed by atoms with Gasteiger partial charge < -0.3 is 14.4 Å². The number of amides is 1. The molecule has 0 fully saturated rings. The summed E-state index contributed by atoms with van der Waals surface area (Å²) in [6.07, 6.45) is 1.55. The third-order valence-corrected chi connectivity index (χ3v) is 6.52. The molecule has 0 spiro atoms. The second-order valence-corrected chi connectivity index (χ2v) is 9.18. The molecule has 1 aromatic heterocycles. The topological polar surface area (TPSA) is 106 Å². The van der Waals surface area contributed by atoms with Crippen molar-refractivity contribution in [3.05, 3.63) is 83.2 Å². The third-order valence-electron chi connectivity index (χ3n) is 6.52. The summed E-state index contributed by atoms with van der Waals surface area (Å²) in [5.74, 6) is 1.27. The van der Waals surface area contributed by atoms with Crippen LogP contribution in [-0.2, 0) is 17.8 Å². The van der Waals surface area contributed by atoms with E-state index in [9.17, 15) is 9.59 Å². The highest BCUT2D eigenvalue weighted by atomic mass is 16.7. The van der Waals surface area contributed by atoms with Gasteiger partial charge in [0.2, 0.25) is 5.91 Å². The van der Waals surface area contributed by atoms with E-state index in [1.165, 1.54) is 0 Å². The van der Waals surface area contributed by atoms with E-state index in [1.807, 2.05) is 36.4 Å². The molecule has 1 aliphatic heterocycles. The molecule has 3 aromatic carbocycles. The minimum absolute atomic E-state index is 0.0579. The first-order valence-corrected chi connectivity index (χ1v) is 12.4. The van der Waals surface area contributed by atoms with Crippen molar-refractivity contribution in [2.75, 3.05) is 0 Å². The van der Waals surface area contributed by atoms with Crippen molar-refractivity contribution < 1.29 is 19.4 Å². The Morgan fingerprint density at radius 1 is 1.08 bits per heavy atom. The maximum Gasteiger partial charge on any atom is 0.511 e. The summed E-state index contributed by atoms with van der Waals surface area (Å²) in [5, 5.41) is 13.3. The molecule has 2 N–H and O–H groups in total. The van der Waals surface area contributed by atoms with Gasteiger partial charge in [-0.2, -0.15) is 5.10 Å². The fourth-order valence-corrected chi connectivity index (χ4v) is 4.74. The zero-order valence-electron chi connectivity index (χ0n) is 20.8. The summed E-state index contributed by atoms with van der Waals surface area (Å²) >= 11 is 0. The number of carbonyl (C=O) groups excluding carboxylic acids is 1. The molecule has 0 radical (unpaired) electrons. The number of nitrogens with one attached hydrogen (secondary N) is 1. The van der Waals surface area contributed by atoms with Gasteiger partial charge in [-0.15, -0.1) is 0 Å². The Balaban J connectivity index is 1.50. The molecule has 1 aliphatic rings. The minimum Gasteiger partial charge on any atom is -0.449 e. The largest absolute Gasteiger partial charge is 0.511 e. The fourth-order valence-electron chi connectivity index (χ4n) is 4.74. The van der Waals surface area contributed by atoms with Gasteiger partial charge in [0.25, 0.3) is 0 Å². The van der Waals surface area contributed by atoms with Crippen LogP contribution in [0.25, 0.3) is 22.2 Å². The highest BCUT2D eigenvalue weighted by Gasteiger charge is 2.18. The van der Waals surface area contributed by atoms with Crippen molar-refractivity contribution >= 4 is 28.8 Å². The number of para-hydroxylation sites is 1. The Hall–Kier alpha value is -4.46. The number of carbonyl (C=O) groups is 2. The smallest absolute Gasteiger partial charge is 0.449 e. The number of imidazole rings is 1. The highest BCUT2D eigenvalue weighted by Crippen LogP contribution is 2.31. The van der Waals surface area contributed by atoms with Crippen LogP contribution in [0.15, 0.2) is 65.8 Å². The summed E-state index contributed by atoms with van der Waals surface area (Å²) in [6.45, 7) is 4.85. The van der Waals surface area contributed by atoms with Crippen molar-refractivity contribution in [3.63, 3.8) is 0 Å². The molecule has 5 rings (SSSR count). The molecule has 0 saturated carbocycles. The molecular weight excluding hydrogens is 468 g/mol. The maximum atomic E-state index is 11.6. The maximum absolute atomic E-state index is 11.6. The van der Waals surface area contributed by atoms with E-state index in [2.05, 4.69) is 41.1 Å². The molecule has 0 unspecified atom stereocenters. The lowest BCUT2D eigenvalue weighted by Crippen LogP contribution is -2.25. The number of ether oxygens (including phenoxy) is 1. The number of aromatic nitrogens is 2. The van der Waals surface area contributed by atoms with Gasteiger partial charge in [0, 0.05) is 36.9 Å². The zero-order chi connectivity index (χ0) is 25.9. The van der Waals surface area contributed by atoms with Crippen LogP contribution in [0.3, 0.4) is 0 Å². The van der Waals surface area contributed by atoms with Crippen LogP contribution in [0.2, 0.25) is 0 Å². The number of carboxylic acid groups (broad SMARTS) is 1. The lowest BCUT2D eigenvalue weighted by atomic mass is 10.0. The van der Waals surface area contributed by atoms with E-state index in [0.29, 0.717) is 25.1 Å². The van der Waals surface area contributed by atoms with E-state index in [1.54, 1.807) is 12.1 Å². The Labute approximate surface area is 214 Å². The quantitative estimate of drug-likeness (QED) is 0.253. The Morgan fingerprint density at radius 2 is 1.86 bits per heavy atom. The van der Waals surface area contributed by atoms with E-state index in [-0.39, 0.29) is 5.91 Å². The normalized spacial score (nSPS) is 13.4. The van der Waals surface area contributed by atoms with Gasteiger partial charge in [0.1, 0.15) is 11.6 Å². The van der Waals surface area contributed by atoms with E-state index in [4.69, 9.17) is 14.8 Å². The fraction of sp³-hybridized carbons (Fsp3) is 0.241. The molecule has 0 atom stereocenters. The lowest BCUT2D eigenvalue weighted by molar-refractivity contribution is -0.121. The van der Waals surface area contributed by atoms with Crippen molar-refractivity contribution in [2.24, 2.45) is 5.10 Å². The molecule has 8 nitrogen and oxygen atoms in total. The van der Waals surface area contributed by atoms with Gasteiger partial charge in [-0.05, 0) is 48.2 Å². The van der Waals surface area contributed by atoms with Gasteiger partial charge in [-0.3, -0.25) is 4.79 Å². The van der Waals surface area contributed by atoms with Crippen molar-refractivity contribution in [1.29, 1.82) is 0 Å². The third kappa shape index (κ3) is 5.09. The number of hydrogen-bond donors (Lipinski definition) is 2. The minimum atomic E-state index is -1.34. The molecule has 4 aromatic rings. The Kier molecular flexibility index (Phi) is 6.72. The zero-order valence-corrected chi connectivity index (χ0v) is 20.8. The molecule has 0 saturated heterocycles. The van der Waals surface area contributed by atoms with Gasteiger partial charge in [0.05, 0.1) is 16.7 Å². The van der Waals surface area contributed by atoms with E-state index in [0.717, 1.165) is 63.2 Å². The number of hydrogen-bond acceptors (Lipinski definition) is 5. The van der Waals surface area contributed by atoms with Crippen LogP contribution < -0.4 is 10.2 Å². The van der Waals surface area contributed by atoms with Crippen LogP contribution in [-0.4, -0.2) is 32.4 Å². The summed E-state index contributed by atoms with van der Waals surface area (Å²) in [5.41, 5.74) is 10.3. The standard InChI is InChI=1S/C29H28N4O4/c1-3-6-26-30-28-18(2)15-21(23-13-14-27(34)32-31-23)16-24(28)33(26)17-19-9-11-20(12-10-19)22-7-4-5-8-25(22)37-29(35)36/h4-5,7-12,15-16H,3,6,13-14,17H2,1-2H3,(H,32,34)(H,35,36). The second-order valence-electron chi connectivity index (χ2n) is 9.18. The number of rotatable bonds is 7. The summed E-state index contributed by atoms with van der Waals surface area (Å²) in [6, 6.07) is 19.4. The first-order chi connectivity index (χ1) is 17.9. The predicted octanol–water partition coefficient (Wildman–Crippen LogP) is 5.68. The van der Waals surface area contributed by atoms with Crippen molar-refractivity contribution in [2.45, 2.75) is 46.1 Å². The van der Waals surface area contributed by atoms with Crippen LogP contribution in [0.1, 0.15) is 48.7 Å². The van der Waals surface area contributed by atoms with Crippen LogP contribution in [0, 0.1) is 6.92 Å². The monoisotopic (exact) mass is 496 g/mol. The second kappa shape index (κ2) is 10.3. The first-order valence-electron chi connectivity index (χ1n) is 12.4. The highest BCUT2D eigenvalue weighted by molar-refractivity contribution is 6.06. The number of fused-ring (bicyclic) bond motifs is 1. The SMILES string of the molecule is CCCc1nc2c(C)cc(C3=NNC(=O)CC3)cc2n1Cc1ccc(-c2ccccc2OC(=O)O)cc1. The van der Waals surface area contributed by atoms with Gasteiger partial charge in [-0.1, -0.05) is 49.4 Å². The van der Waals surface area contributed by atoms with Crippen molar-refractivity contribution in [1.82, 2.24) is 15.0 Å². The Bertz CT molecular complexity index is 1520. The van der Waals surface area contributed by atoms with Crippen molar-refractivity contribution in [3.8, 4) is 16.9 Å². The molecule has 37 heavy (non-hydrogen) atoms. The summed E-state index contributed by atoms with van der Waals surface area (Å²) in [7, 11) is 0. The summed E-state index contributed by atoms with van der Waals surface area (Å²) in [4.78, 5) is 27.6. The predicted molar refractivity (Wildman–Crippen MR) is 142 cm³/mol. The van der Waals surface area contributed by atoms with E-state index < -0.39 is 6.16 Å². The van der Waals surface area contributed by atoms with Crippen LogP contribution >= 0.6 is 0 Å². The Morgan fingerprint density at radius 3 is 2.57 bits per heavy atom. The molecule has 188 valence electrons. The average Bonchev–Trinajstić information content (AvgIpc) is 3.23. The molecule has 0 bridgehead atoms. The number of hydrazone groups is 1. The molecule has 1 amide bonds.